The number of carbonyl (C=O) groups excluding carboxylic acids is 1. The predicted molar refractivity (Wildman–Crippen MR) is 69.1 cm³/mol. The number of aryl methyl sites for hydroxylation is 1. The quantitative estimate of drug-likeness (QED) is 0.634. The third-order valence-electron chi connectivity index (χ3n) is 3.08. The lowest BCUT2D eigenvalue weighted by molar-refractivity contribution is -0.389. The van der Waals surface area contributed by atoms with Crippen LogP contribution in [0.5, 0.6) is 0 Å². The Morgan fingerprint density at radius 3 is 2.80 bits per heavy atom. The fraction of sp³-hybridized carbons (Fsp3) is 0.364. The van der Waals surface area contributed by atoms with Crippen molar-refractivity contribution in [2.24, 2.45) is 7.05 Å². The number of nitrogens with zero attached hydrogens (tertiary/aromatic N) is 4. The highest BCUT2D eigenvalue weighted by atomic mass is 16.6. The van der Waals surface area contributed by atoms with Gasteiger partial charge in [-0.15, -0.1) is 5.10 Å². The predicted octanol–water partition coefficient (Wildman–Crippen LogP) is 0.851. The van der Waals surface area contributed by atoms with E-state index in [0.29, 0.717) is 0 Å². The van der Waals surface area contributed by atoms with Crippen LogP contribution in [0.25, 0.3) is 0 Å². The number of hydrogen-bond donors (Lipinski definition) is 2. The van der Waals surface area contributed by atoms with E-state index in [9.17, 15) is 14.9 Å². The smallest absolute Gasteiger partial charge is 0.343 e. The van der Waals surface area contributed by atoms with Crippen molar-refractivity contribution in [2.75, 3.05) is 0 Å². The molecule has 0 aliphatic rings. The summed E-state index contributed by atoms with van der Waals surface area (Å²) in [6, 6.07) is 0.824. The largest absolute Gasteiger partial charge is 0.358 e. The Morgan fingerprint density at radius 1 is 1.60 bits per heavy atom. The Balaban J connectivity index is 2.10. The lowest BCUT2D eigenvalue weighted by atomic mass is 10.1. The molecule has 0 saturated carbocycles. The van der Waals surface area contributed by atoms with E-state index in [1.165, 1.54) is 0 Å². The second-order valence-electron chi connectivity index (χ2n) is 4.40. The molecule has 20 heavy (non-hydrogen) atoms. The first-order chi connectivity index (χ1) is 9.40. The molecule has 0 spiro atoms. The molecule has 0 aromatic carbocycles. The summed E-state index contributed by atoms with van der Waals surface area (Å²) in [4.78, 5) is 21.8. The van der Waals surface area contributed by atoms with Crippen LogP contribution >= 0.6 is 0 Å². The van der Waals surface area contributed by atoms with Gasteiger partial charge in [-0.3, -0.25) is 9.48 Å². The zero-order valence-electron chi connectivity index (χ0n) is 11.2. The minimum atomic E-state index is -0.640. The third-order valence-corrected chi connectivity index (χ3v) is 3.08. The Hall–Kier alpha value is -2.71. The van der Waals surface area contributed by atoms with Crippen LogP contribution in [0.4, 0.5) is 5.82 Å². The van der Waals surface area contributed by atoms with Gasteiger partial charge in [-0.05, 0) is 18.8 Å². The average Bonchev–Trinajstić information content (AvgIpc) is 2.98. The second-order valence-corrected chi connectivity index (χ2v) is 4.40. The summed E-state index contributed by atoms with van der Waals surface area (Å²) in [7, 11) is 1.81. The van der Waals surface area contributed by atoms with Crippen molar-refractivity contribution in [1.82, 2.24) is 25.3 Å². The molecule has 0 saturated heterocycles. The maximum absolute atomic E-state index is 11.9. The maximum atomic E-state index is 11.9. The first-order valence-electron chi connectivity index (χ1n) is 5.89. The van der Waals surface area contributed by atoms with Gasteiger partial charge in [-0.1, -0.05) is 5.10 Å². The molecule has 0 aliphatic carbocycles. The van der Waals surface area contributed by atoms with E-state index in [1.54, 1.807) is 10.9 Å². The number of hydrogen-bond acceptors (Lipinski definition) is 5. The molecule has 0 aliphatic heterocycles. The van der Waals surface area contributed by atoms with Crippen LogP contribution in [0.1, 0.15) is 34.7 Å². The van der Waals surface area contributed by atoms with Gasteiger partial charge in [0.15, 0.2) is 5.69 Å². The van der Waals surface area contributed by atoms with Gasteiger partial charge in [0.2, 0.25) is 0 Å². The Labute approximate surface area is 114 Å². The number of aromatic amines is 1. The molecule has 0 bridgehead atoms. The molecular weight excluding hydrogens is 264 g/mol. The molecule has 2 rings (SSSR count). The molecule has 106 valence electrons. The molecule has 9 heteroatoms. The van der Waals surface area contributed by atoms with Crippen molar-refractivity contribution < 1.29 is 9.72 Å². The highest BCUT2D eigenvalue weighted by Crippen LogP contribution is 2.17. The van der Waals surface area contributed by atoms with Crippen molar-refractivity contribution in [2.45, 2.75) is 19.9 Å². The number of aromatic nitrogens is 4. The molecule has 0 radical (unpaired) electrons. The van der Waals surface area contributed by atoms with Crippen molar-refractivity contribution in [3.63, 3.8) is 0 Å². The topological polar surface area (TPSA) is 119 Å². The first kappa shape index (κ1) is 13.7. The Morgan fingerprint density at radius 2 is 2.30 bits per heavy atom. The first-order valence-corrected chi connectivity index (χ1v) is 5.89. The lowest BCUT2D eigenvalue weighted by Crippen LogP contribution is -2.27. The molecule has 2 N–H and O–H groups in total. The number of amides is 1. The fourth-order valence-electron chi connectivity index (χ4n) is 1.81. The molecule has 1 atom stereocenters. The Bertz CT molecular complexity index is 659. The molecule has 1 unspecified atom stereocenters. The Kier molecular flexibility index (Phi) is 3.51. The zero-order chi connectivity index (χ0) is 14.9. The van der Waals surface area contributed by atoms with E-state index < -0.39 is 10.8 Å². The molecule has 1 amide bonds. The van der Waals surface area contributed by atoms with Crippen molar-refractivity contribution >= 4 is 11.7 Å². The van der Waals surface area contributed by atoms with E-state index in [1.807, 2.05) is 20.9 Å². The van der Waals surface area contributed by atoms with Gasteiger partial charge in [-0.2, -0.15) is 5.10 Å². The van der Waals surface area contributed by atoms with Gasteiger partial charge in [0.25, 0.3) is 5.91 Å². The summed E-state index contributed by atoms with van der Waals surface area (Å²) in [6.07, 6.45) is 1.67. The van der Waals surface area contributed by atoms with Crippen LogP contribution in [0.3, 0.4) is 0 Å². The van der Waals surface area contributed by atoms with Gasteiger partial charge >= 0.3 is 5.82 Å². The summed E-state index contributed by atoms with van der Waals surface area (Å²) >= 11 is 0. The SMILES string of the molecule is Cc1c(C(C)NC(=O)c2cc([N+](=O)[O-])[nH]n2)cnn1C. The van der Waals surface area contributed by atoms with Crippen molar-refractivity contribution in [1.29, 1.82) is 0 Å². The van der Waals surface area contributed by atoms with E-state index in [-0.39, 0.29) is 17.6 Å². The summed E-state index contributed by atoms with van der Waals surface area (Å²) < 4.78 is 1.71. The normalized spacial score (nSPS) is 12.2. The second kappa shape index (κ2) is 5.11. The van der Waals surface area contributed by atoms with Crippen LogP contribution in [0, 0.1) is 17.0 Å². The minimum absolute atomic E-state index is 0.0231. The minimum Gasteiger partial charge on any atom is -0.358 e. The molecule has 0 fully saturated rings. The van der Waals surface area contributed by atoms with Crippen molar-refractivity contribution in [3.05, 3.63) is 39.3 Å². The fourth-order valence-corrected chi connectivity index (χ4v) is 1.81. The number of nitrogens with one attached hydrogen (secondary N) is 2. The summed E-state index contributed by atoms with van der Waals surface area (Å²) in [6.45, 7) is 3.70. The highest BCUT2D eigenvalue weighted by Gasteiger charge is 2.20. The standard InChI is InChI=1S/C11H14N6O3/c1-6(8-5-12-16(3)7(8)2)13-11(18)9-4-10(15-14-9)17(19)20/h4-6H,1-3H3,(H,13,18)(H,14,15). The van der Waals surface area contributed by atoms with Crippen LogP contribution in [0.15, 0.2) is 12.3 Å². The van der Waals surface area contributed by atoms with Crippen LogP contribution in [-0.4, -0.2) is 30.8 Å². The highest BCUT2D eigenvalue weighted by molar-refractivity contribution is 5.93. The number of H-pyrrole nitrogens is 1. The lowest BCUT2D eigenvalue weighted by Gasteiger charge is -2.12. The summed E-state index contributed by atoms with van der Waals surface area (Å²) in [5.74, 6) is -0.800. The molecule has 2 heterocycles. The number of nitro groups is 1. The molecule has 2 aromatic rings. The summed E-state index contributed by atoms with van der Waals surface area (Å²) in [5.41, 5.74) is 1.79. The molecular formula is C11H14N6O3. The van der Waals surface area contributed by atoms with Crippen LogP contribution < -0.4 is 5.32 Å². The molecule has 2 aromatic heterocycles. The van der Waals surface area contributed by atoms with Gasteiger partial charge in [-0.25, -0.2) is 0 Å². The number of carbonyl (C=O) groups is 1. The van der Waals surface area contributed by atoms with Gasteiger partial charge in [0.05, 0.1) is 18.3 Å². The van der Waals surface area contributed by atoms with E-state index >= 15 is 0 Å². The molecule has 9 nitrogen and oxygen atoms in total. The van der Waals surface area contributed by atoms with Crippen LogP contribution in [0.2, 0.25) is 0 Å². The van der Waals surface area contributed by atoms with E-state index in [2.05, 4.69) is 20.6 Å². The van der Waals surface area contributed by atoms with Gasteiger partial charge < -0.3 is 15.4 Å². The zero-order valence-corrected chi connectivity index (χ0v) is 11.2. The summed E-state index contributed by atoms with van der Waals surface area (Å²) in [5, 5.41) is 23.1. The monoisotopic (exact) mass is 278 g/mol. The van der Waals surface area contributed by atoms with E-state index in [0.717, 1.165) is 17.3 Å². The van der Waals surface area contributed by atoms with Crippen LogP contribution in [-0.2, 0) is 7.05 Å². The van der Waals surface area contributed by atoms with E-state index in [4.69, 9.17) is 0 Å². The van der Waals surface area contributed by atoms with Gasteiger partial charge in [0, 0.05) is 18.3 Å². The van der Waals surface area contributed by atoms with Gasteiger partial charge in [0.1, 0.15) is 0 Å². The average molecular weight is 278 g/mol. The number of rotatable bonds is 4. The van der Waals surface area contributed by atoms with Crippen molar-refractivity contribution in [3.8, 4) is 0 Å². The maximum Gasteiger partial charge on any atom is 0.343 e. The third kappa shape index (κ3) is 2.51.